The van der Waals surface area contributed by atoms with Crippen LogP contribution in [0.5, 0.6) is 0 Å². The average molecular weight is 168 g/mol. The van der Waals surface area contributed by atoms with Gasteiger partial charge in [0.2, 0.25) is 0 Å². The fourth-order valence-electron chi connectivity index (χ4n) is 2.39. The first-order valence-electron chi connectivity index (χ1n) is 4.62. The topological polar surface area (TPSA) is 29.5 Å². The molecule has 5 unspecified atom stereocenters. The van der Waals surface area contributed by atoms with Gasteiger partial charge in [0, 0.05) is 11.8 Å². The van der Waals surface area contributed by atoms with Crippen molar-refractivity contribution in [3.8, 4) is 0 Å². The maximum absolute atomic E-state index is 9.82. The fourth-order valence-corrected chi connectivity index (χ4v) is 2.39. The number of fused-ring (bicyclic) bond motifs is 2. The smallest absolute Gasteiger partial charge is 0.0837 e. The highest BCUT2D eigenvalue weighted by atomic mass is 16.5. The standard InChI is InChI=1S/C10H16O2/c1-5-4-8-6(2)9(11)7(3)10(5)12-8/h6-11H,1,4H2,2-3H3. The van der Waals surface area contributed by atoms with Gasteiger partial charge in [-0.15, -0.1) is 0 Å². The first-order chi connectivity index (χ1) is 5.61. The SMILES string of the molecule is C=C1CC2OC1C(C)C(O)C2C. The quantitative estimate of drug-likeness (QED) is 0.553. The van der Waals surface area contributed by atoms with E-state index in [-0.39, 0.29) is 30.1 Å². The van der Waals surface area contributed by atoms with E-state index in [1.54, 1.807) is 0 Å². The zero-order valence-corrected chi connectivity index (χ0v) is 7.66. The van der Waals surface area contributed by atoms with Gasteiger partial charge in [-0.1, -0.05) is 20.4 Å². The van der Waals surface area contributed by atoms with Crippen LogP contribution in [0.4, 0.5) is 0 Å². The lowest BCUT2D eigenvalue weighted by molar-refractivity contribution is -0.121. The second kappa shape index (κ2) is 2.57. The predicted octanol–water partition coefficient (Wildman–Crippen LogP) is 1.35. The zero-order valence-electron chi connectivity index (χ0n) is 7.66. The minimum Gasteiger partial charge on any atom is -0.392 e. The molecule has 2 aliphatic heterocycles. The first kappa shape index (κ1) is 8.27. The summed E-state index contributed by atoms with van der Waals surface area (Å²) in [5, 5.41) is 9.82. The van der Waals surface area contributed by atoms with Gasteiger partial charge in [-0.3, -0.25) is 0 Å². The third-order valence-electron chi connectivity index (χ3n) is 3.33. The Balaban J connectivity index is 2.25. The summed E-state index contributed by atoms with van der Waals surface area (Å²) in [6.07, 6.45) is 1.05. The number of ether oxygens (including phenoxy) is 1. The van der Waals surface area contributed by atoms with Crippen LogP contribution in [0.1, 0.15) is 20.3 Å². The maximum atomic E-state index is 9.82. The van der Waals surface area contributed by atoms with Crippen LogP contribution < -0.4 is 0 Å². The lowest BCUT2D eigenvalue weighted by atomic mass is 9.87. The molecule has 0 saturated carbocycles. The highest BCUT2D eigenvalue weighted by Gasteiger charge is 2.46. The first-order valence-corrected chi connectivity index (χ1v) is 4.62. The van der Waals surface area contributed by atoms with Crippen LogP contribution in [0.15, 0.2) is 12.2 Å². The van der Waals surface area contributed by atoms with E-state index in [2.05, 4.69) is 13.5 Å². The van der Waals surface area contributed by atoms with Gasteiger partial charge in [-0.2, -0.15) is 0 Å². The molecule has 0 aliphatic carbocycles. The van der Waals surface area contributed by atoms with E-state index >= 15 is 0 Å². The van der Waals surface area contributed by atoms with Crippen LogP contribution in [0.3, 0.4) is 0 Å². The van der Waals surface area contributed by atoms with Crippen LogP contribution in [0.2, 0.25) is 0 Å². The molecule has 2 aliphatic rings. The summed E-state index contributed by atoms with van der Waals surface area (Å²) in [5.74, 6) is 0.474. The van der Waals surface area contributed by atoms with Gasteiger partial charge in [-0.25, -0.2) is 0 Å². The average Bonchev–Trinajstić information content (AvgIpc) is 2.39. The Morgan fingerprint density at radius 3 is 2.75 bits per heavy atom. The molecule has 0 spiro atoms. The number of hydrogen-bond acceptors (Lipinski definition) is 2. The van der Waals surface area contributed by atoms with E-state index < -0.39 is 0 Å². The number of hydrogen-bond donors (Lipinski definition) is 1. The molecule has 0 radical (unpaired) electrons. The van der Waals surface area contributed by atoms with Crippen LogP contribution in [0.25, 0.3) is 0 Å². The summed E-state index contributed by atoms with van der Waals surface area (Å²) >= 11 is 0. The predicted molar refractivity (Wildman–Crippen MR) is 46.8 cm³/mol. The second-order valence-electron chi connectivity index (χ2n) is 4.17. The Morgan fingerprint density at radius 1 is 1.42 bits per heavy atom. The van der Waals surface area contributed by atoms with E-state index in [0.29, 0.717) is 0 Å². The molecule has 2 heterocycles. The van der Waals surface area contributed by atoms with Crippen molar-refractivity contribution < 1.29 is 9.84 Å². The molecule has 1 N–H and O–H groups in total. The molecule has 2 fully saturated rings. The fraction of sp³-hybridized carbons (Fsp3) is 0.800. The molecule has 2 rings (SSSR count). The molecule has 2 saturated heterocycles. The van der Waals surface area contributed by atoms with Crippen molar-refractivity contribution in [2.45, 2.75) is 38.6 Å². The molecular weight excluding hydrogens is 152 g/mol. The van der Waals surface area contributed by atoms with Gasteiger partial charge < -0.3 is 9.84 Å². The van der Waals surface area contributed by atoms with E-state index in [4.69, 9.17) is 4.74 Å². The molecule has 0 amide bonds. The van der Waals surface area contributed by atoms with Gasteiger partial charge in [0.25, 0.3) is 0 Å². The summed E-state index contributed by atoms with van der Waals surface area (Å²) in [6, 6.07) is 0. The van der Waals surface area contributed by atoms with Crippen molar-refractivity contribution in [1.82, 2.24) is 0 Å². The molecule has 0 aromatic rings. The van der Waals surface area contributed by atoms with Gasteiger partial charge >= 0.3 is 0 Å². The van der Waals surface area contributed by atoms with Gasteiger partial charge in [0.05, 0.1) is 18.3 Å². The summed E-state index contributed by atoms with van der Waals surface area (Å²) < 4.78 is 5.74. The molecule has 5 atom stereocenters. The van der Waals surface area contributed by atoms with Crippen LogP contribution in [-0.4, -0.2) is 23.4 Å². The van der Waals surface area contributed by atoms with E-state index in [1.165, 1.54) is 0 Å². The Morgan fingerprint density at radius 2 is 2.08 bits per heavy atom. The maximum Gasteiger partial charge on any atom is 0.0837 e. The molecule has 12 heavy (non-hydrogen) atoms. The lowest BCUT2D eigenvalue weighted by Crippen LogP contribution is -2.43. The number of aliphatic hydroxyl groups excluding tert-OH is 1. The minimum atomic E-state index is -0.215. The zero-order chi connectivity index (χ0) is 8.88. The van der Waals surface area contributed by atoms with Crippen molar-refractivity contribution in [2.75, 3.05) is 0 Å². The summed E-state index contributed by atoms with van der Waals surface area (Å²) in [7, 11) is 0. The van der Waals surface area contributed by atoms with E-state index in [1.807, 2.05) is 6.92 Å². The Hall–Kier alpha value is -0.340. The number of aliphatic hydroxyl groups is 1. The lowest BCUT2D eigenvalue weighted by Gasteiger charge is -2.36. The molecule has 0 aromatic heterocycles. The van der Waals surface area contributed by atoms with Crippen LogP contribution in [-0.2, 0) is 4.74 Å². The van der Waals surface area contributed by atoms with E-state index in [9.17, 15) is 5.11 Å². The molecule has 68 valence electrons. The van der Waals surface area contributed by atoms with Crippen molar-refractivity contribution in [3.05, 3.63) is 12.2 Å². The third-order valence-corrected chi connectivity index (χ3v) is 3.33. The van der Waals surface area contributed by atoms with Crippen molar-refractivity contribution >= 4 is 0 Å². The van der Waals surface area contributed by atoms with E-state index in [0.717, 1.165) is 12.0 Å². The summed E-state index contributed by atoms with van der Waals surface area (Å²) in [6.45, 7) is 8.08. The highest BCUT2D eigenvalue weighted by molar-refractivity contribution is 5.16. The molecule has 2 bridgehead atoms. The normalized spacial score (nSPS) is 52.9. The Labute approximate surface area is 73.2 Å². The molecular formula is C10H16O2. The second-order valence-corrected chi connectivity index (χ2v) is 4.17. The highest BCUT2D eigenvalue weighted by Crippen LogP contribution is 2.42. The van der Waals surface area contributed by atoms with Crippen LogP contribution in [0, 0.1) is 11.8 Å². The van der Waals surface area contributed by atoms with Crippen molar-refractivity contribution in [1.29, 1.82) is 0 Å². The minimum absolute atomic E-state index is 0.112. The van der Waals surface area contributed by atoms with Gasteiger partial charge in [0.15, 0.2) is 0 Å². The molecule has 2 heteroatoms. The third kappa shape index (κ3) is 0.947. The van der Waals surface area contributed by atoms with Crippen molar-refractivity contribution in [3.63, 3.8) is 0 Å². The molecule has 2 nitrogen and oxygen atoms in total. The monoisotopic (exact) mass is 168 g/mol. The largest absolute Gasteiger partial charge is 0.392 e. The number of rotatable bonds is 0. The Bertz CT molecular complexity index is 210. The summed E-state index contributed by atoms with van der Waals surface area (Å²) in [5.41, 5.74) is 1.16. The Kier molecular flexibility index (Phi) is 1.77. The van der Waals surface area contributed by atoms with Crippen LogP contribution >= 0.6 is 0 Å². The summed E-state index contributed by atoms with van der Waals surface area (Å²) in [4.78, 5) is 0. The van der Waals surface area contributed by atoms with Crippen molar-refractivity contribution in [2.24, 2.45) is 11.8 Å². The molecule has 0 aromatic carbocycles. The van der Waals surface area contributed by atoms with Gasteiger partial charge in [-0.05, 0) is 12.0 Å². The van der Waals surface area contributed by atoms with Gasteiger partial charge in [0.1, 0.15) is 0 Å².